The van der Waals surface area contributed by atoms with Crippen LogP contribution in [0.1, 0.15) is 16.1 Å². The van der Waals surface area contributed by atoms with Gasteiger partial charge in [-0.1, -0.05) is 6.07 Å². The van der Waals surface area contributed by atoms with Crippen molar-refractivity contribution in [2.24, 2.45) is 0 Å². The predicted molar refractivity (Wildman–Crippen MR) is 61.5 cm³/mol. The van der Waals surface area contributed by atoms with Gasteiger partial charge in [0, 0.05) is 17.2 Å². The molecule has 1 heterocycles. The highest BCUT2D eigenvalue weighted by Gasteiger charge is 2.13. The van der Waals surface area contributed by atoms with Gasteiger partial charge >= 0.3 is 0 Å². The number of nitrogens with zero attached hydrogens (tertiary/aromatic N) is 1. The van der Waals surface area contributed by atoms with Gasteiger partial charge in [-0.05, 0) is 12.1 Å². The lowest BCUT2D eigenvalue weighted by atomic mass is 10.1. The van der Waals surface area contributed by atoms with Crippen molar-refractivity contribution in [3.8, 4) is 6.07 Å². The fourth-order valence-corrected chi connectivity index (χ4v) is 2.29. The summed E-state index contributed by atoms with van der Waals surface area (Å²) < 4.78 is 22.7. The zero-order valence-corrected chi connectivity index (χ0v) is 9.71. The fraction of sp³-hybridized carbons (Fsp3) is 0.0909. The van der Waals surface area contributed by atoms with Crippen LogP contribution in [0.3, 0.4) is 0 Å². The van der Waals surface area contributed by atoms with Crippen LogP contribution in [0.5, 0.6) is 0 Å². The van der Waals surface area contributed by atoms with Crippen molar-refractivity contribution in [3.63, 3.8) is 0 Å². The highest BCUT2D eigenvalue weighted by Crippen LogP contribution is 2.23. The number of aromatic amines is 1. The summed E-state index contributed by atoms with van der Waals surface area (Å²) >= 11 is 0. The summed E-state index contributed by atoms with van der Waals surface area (Å²) in [5.74, 6) is 0. The smallest absolute Gasteiger partial charge is 0.175 e. The number of sulfone groups is 1. The van der Waals surface area contributed by atoms with Crippen molar-refractivity contribution >= 4 is 27.0 Å². The maximum atomic E-state index is 11.4. The Morgan fingerprint density at radius 2 is 2.12 bits per heavy atom. The number of nitrogens with one attached hydrogen (secondary N) is 1. The maximum absolute atomic E-state index is 11.4. The monoisotopic (exact) mass is 248 g/mol. The van der Waals surface area contributed by atoms with Crippen LogP contribution >= 0.6 is 0 Å². The highest BCUT2D eigenvalue weighted by atomic mass is 32.2. The number of aldehydes is 1. The van der Waals surface area contributed by atoms with Crippen LogP contribution < -0.4 is 0 Å². The maximum Gasteiger partial charge on any atom is 0.175 e. The first-order valence-electron chi connectivity index (χ1n) is 4.68. The number of rotatable bonds is 2. The molecule has 0 aliphatic carbocycles. The summed E-state index contributed by atoms with van der Waals surface area (Å²) in [5.41, 5.74) is 0.856. The van der Waals surface area contributed by atoms with Crippen LogP contribution in [-0.2, 0) is 9.84 Å². The van der Waals surface area contributed by atoms with Crippen molar-refractivity contribution in [1.29, 1.82) is 5.26 Å². The minimum atomic E-state index is -3.30. The van der Waals surface area contributed by atoms with E-state index in [2.05, 4.69) is 4.98 Å². The Kier molecular flexibility index (Phi) is 2.48. The van der Waals surface area contributed by atoms with Crippen LogP contribution in [0.4, 0.5) is 0 Å². The summed E-state index contributed by atoms with van der Waals surface area (Å²) in [7, 11) is -3.30. The number of aromatic nitrogens is 1. The van der Waals surface area contributed by atoms with Crippen LogP contribution in [-0.4, -0.2) is 25.9 Å². The van der Waals surface area contributed by atoms with E-state index < -0.39 is 9.84 Å². The molecule has 0 unspecified atom stereocenters. The van der Waals surface area contributed by atoms with E-state index in [1.165, 1.54) is 18.2 Å². The molecule has 0 aliphatic rings. The minimum absolute atomic E-state index is 0.139. The molecule has 1 aromatic carbocycles. The summed E-state index contributed by atoms with van der Waals surface area (Å²) in [6, 6.07) is 6.21. The number of H-pyrrole nitrogens is 1. The molecule has 2 rings (SSSR count). The normalized spacial score (nSPS) is 11.3. The Bertz CT molecular complexity index is 751. The third-order valence-electron chi connectivity index (χ3n) is 2.47. The molecule has 1 aromatic heterocycles. The third kappa shape index (κ3) is 1.81. The number of carbonyl (C=O) groups is 1. The van der Waals surface area contributed by atoms with Gasteiger partial charge in [-0.3, -0.25) is 4.79 Å². The molecule has 0 bridgehead atoms. The second-order valence-corrected chi connectivity index (χ2v) is 5.64. The van der Waals surface area contributed by atoms with Gasteiger partial charge in [-0.25, -0.2) is 8.42 Å². The molecule has 86 valence electrons. The Hall–Kier alpha value is -2.13. The Labute approximate surface area is 97.6 Å². The van der Waals surface area contributed by atoms with Crippen LogP contribution in [0.2, 0.25) is 0 Å². The summed E-state index contributed by atoms with van der Waals surface area (Å²) in [6.07, 6.45) is 1.68. The number of carbonyl (C=O) groups excluding carboxylic acids is 1. The average Bonchev–Trinajstić information content (AvgIpc) is 2.64. The van der Waals surface area contributed by atoms with Gasteiger partial charge in [0.2, 0.25) is 0 Å². The number of fused-ring (bicyclic) bond motifs is 1. The summed E-state index contributed by atoms with van der Waals surface area (Å²) in [4.78, 5) is 13.7. The topological polar surface area (TPSA) is 90.8 Å². The van der Waals surface area contributed by atoms with Crippen LogP contribution in [0.15, 0.2) is 23.1 Å². The Balaban J connectivity index is 2.82. The summed E-state index contributed by atoms with van der Waals surface area (Å²) in [5, 5.41) is 9.37. The van der Waals surface area contributed by atoms with Crippen molar-refractivity contribution < 1.29 is 13.2 Å². The number of hydrogen-bond acceptors (Lipinski definition) is 4. The second-order valence-electron chi connectivity index (χ2n) is 3.62. The van der Waals surface area contributed by atoms with E-state index in [-0.39, 0.29) is 16.2 Å². The zero-order valence-electron chi connectivity index (χ0n) is 8.89. The van der Waals surface area contributed by atoms with E-state index in [4.69, 9.17) is 5.26 Å². The van der Waals surface area contributed by atoms with Crippen molar-refractivity contribution in [3.05, 3.63) is 29.5 Å². The SMILES string of the molecule is CS(=O)(=O)c1ccc2c(C=O)c(C#N)[nH]c2c1. The quantitative estimate of drug-likeness (QED) is 0.810. The van der Waals surface area contributed by atoms with Gasteiger partial charge in [0.25, 0.3) is 0 Å². The molecule has 6 heteroatoms. The zero-order chi connectivity index (χ0) is 12.6. The van der Waals surface area contributed by atoms with Crippen LogP contribution in [0.25, 0.3) is 10.9 Å². The molecule has 0 spiro atoms. The van der Waals surface area contributed by atoms with Gasteiger partial charge in [0.1, 0.15) is 11.8 Å². The molecule has 5 nitrogen and oxygen atoms in total. The van der Waals surface area contributed by atoms with Gasteiger partial charge in [-0.15, -0.1) is 0 Å². The molecule has 0 radical (unpaired) electrons. The van der Waals surface area contributed by atoms with E-state index >= 15 is 0 Å². The summed E-state index contributed by atoms with van der Waals surface area (Å²) in [6.45, 7) is 0. The first-order chi connectivity index (χ1) is 7.97. The molecule has 1 N–H and O–H groups in total. The van der Waals surface area contributed by atoms with Gasteiger partial charge in [-0.2, -0.15) is 5.26 Å². The molecule has 0 saturated heterocycles. The lowest BCUT2D eigenvalue weighted by molar-refractivity contribution is 0.112. The highest BCUT2D eigenvalue weighted by molar-refractivity contribution is 7.90. The molecule has 0 saturated carbocycles. The Morgan fingerprint density at radius 3 is 2.65 bits per heavy atom. The van der Waals surface area contributed by atoms with Crippen LogP contribution in [0, 0.1) is 11.3 Å². The Morgan fingerprint density at radius 1 is 1.41 bits per heavy atom. The molecule has 0 atom stereocenters. The molecule has 0 fully saturated rings. The lowest BCUT2D eigenvalue weighted by Gasteiger charge is -1.97. The second kappa shape index (κ2) is 3.71. The molecular formula is C11H8N2O3S. The lowest BCUT2D eigenvalue weighted by Crippen LogP contribution is -1.96. The first-order valence-corrected chi connectivity index (χ1v) is 6.57. The van der Waals surface area contributed by atoms with E-state index in [0.717, 1.165) is 6.26 Å². The average molecular weight is 248 g/mol. The molecule has 17 heavy (non-hydrogen) atoms. The fourth-order valence-electron chi connectivity index (χ4n) is 1.64. The van der Waals surface area contributed by atoms with E-state index in [1.807, 2.05) is 6.07 Å². The van der Waals surface area contributed by atoms with E-state index in [0.29, 0.717) is 17.2 Å². The molecule has 0 aliphatic heterocycles. The number of hydrogen-bond donors (Lipinski definition) is 1. The molecular weight excluding hydrogens is 240 g/mol. The molecule has 2 aromatic rings. The minimum Gasteiger partial charge on any atom is -0.346 e. The standard InChI is InChI=1S/C11H8N2O3S/c1-17(15,16)7-2-3-8-9(6-14)11(5-12)13-10(8)4-7/h2-4,6,13H,1H3. The number of benzene rings is 1. The molecule has 0 amide bonds. The van der Waals surface area contributed by atoms with Crippen molar-refractivity contribution in [1.82, 2.24) is 4.98 Å². The van der Waals surface area contributed by atoms with E-state index in [1.54, 1.807) is 0 Å². The van der Waals surface area contributed by atoms with Gasteiger partial charge in [0.15, 0.2) is 16.1 Å². The van der Waals surface area contributed by atoms with Crippen molar-refractivity contribution in [2.75, 3.05) is 6.26 Å². The largest absolute Gasteiger partial charge is 0.346 e. The third-order valence-corrected chi connectivity index (χ3v) is 3.58. The predicted octanol–water partition coefficient (Wildman–Crippen LogP) is 1.26. The first kappa shape index (κ1) is 11.4. The van der Waals surface area contributed by atoms with Gasteiger partial charge < -0.3 is 4.98 Å². The van der Waals surface area contributed by atoms with Gasteiger partial charge in [0.05, 0.1) is 10.5 Å². The van der Waals surface area contributed by atoms with E-state index in [9.17, 15) is 13.2 Å². The van der Waals surface area contributed by atoms with Crippen molar-refractivity contribution in [2.45, 2.75) is 4.90 Å². The number of nitriles is 1.